The van der Waals surface area contributed by atoms with Crippen LogP contribution >= 0.6 is 0 Å². The molecule has 1 radical (unpaired) electrons. The Hall–Kier alpha value is -0.790. The number of carbonyl (C=O) groups is 1. The zero-order valence-electron chi connectivity index (χ0n) is 12.5. The van der Waals surface area contributed by atoms with Crippen LogP contribution < -0.4 is 0 Å². The van der Waals surface area contributed by atoms with Crippen LogP contribution in [0.5, 0.6) is 0 Å². The third-order valence-electron chi connectivity index (χ3n) is 3.00. The molecule has 0 rings (SSSR count). The predicted molar refractivity (Wildman–Crippen MR) is 79.2 cm³/mol. The highest BCUT2D eigenvalue weighted by Gasteiger charge is 2.16. The molecule has 0 aromatic carbocycles. The van der Waals surface area contributed by atoms with E-state index in [0.717, 1.165) is 19.4 Å². The molecule has 2 nitrogen and oxygen atoms in total. The number of rotatable bonds is 10. The summed E-state index contributed by atoms with van der Waals surface area (Å²) >= 11 is 0. The van der Waals surface area contributed by atoms with Crippen molar-refractivity contribution >= 4 is 5.91 Å². The SMILES string of the molecule is [CH2][C@H](CC(=O)N(CC=C)CCCCC)CC(C)C. The molecule has 0 aromatic rings. The zero-order valence-corrected chi connectivity index (χ0v) is 12.5. The number of hydrogen-bond donors (Lipinski definition) is 0. The van der Waals surface area contributed by atoms with Gasteiger partial charge in [0.05, 0.1) is 0 Å². The van der Waals surface area contributed by atoms with E-state index in [1.807, 2.05) is 11.0 Å². The first-order valence-corrected chi connectivity index (χ1v) is 7.23. The summed E-state index contributed by atoms with van der Waals surface area (Å²) in [5, 5.41) is 0. The fourth-order valence-electron chi connectivity index (χ4n) is 2.15. The van der Waals surface area contributed by atoms with E-state index >= 15 is 0 Å². The Bertz CT molecular complexity index is 235. The smallest absolute Gasteiger partial charge is 0.223 e. The summed E-state index contributed by atoms with van der Waals surface area (Å²) in [6, 6.07) is 0. The maximum atomic E-state index is 12.2. The van der Waals surface area contributed by atoms with Crippen molar-refractivity contribution in [3.63, 3.8) is 0 Å². The van der Waals surface area contributed by atoms with Crippen molar-refractivity contribution in [3.05, 3.63) is 19.6 Å². The van der Waals surface area contributed by atoms with E-state index in [-0.39, 0.29) is 11.8 Å². The first-order valence-electron chi connectivity index (χ1n) is 7.23. The van der Waals surface area contributed by atoms with Crippen molar-refractivity contribution in [2.75, 3.05) is 13.1 Å². The van der Waals surface area contributed by atoms with Crippen LogP contribution in [0.4, 0.5) is 0 Å². The second kappa shape index (κ2) is 10.2. The van der Waals surface area contributed by atoms with Crippen LogP contribution in [0.3, 0.4) is 0 Å². The Morgan fingerprint density at radius 3 is 2.50 bits per heavy atom. The number of hydrogen-bond acceptors (Lipinski definition) is 1. The normalized spacial score (nSPS) is 12.5. The lowest BCUT2D eigenvalue weighted by Gasteiger charge is -2.23. The van der Waals surface area contributed by atoms with E-state index in [1.54, 1.807) is 0 Å². The molecule has 1 atom stereocenters. The van der Waals surface area contributed by atoms with Gasteiger partial charge in [-0.1, -0.05) is 39.7 Å². The molecule has 0 N–H and O–H groups in total. The van der Waals surface area contributed by atoms with E-state index < -0.39 is 0 Å². The van der Waals surface area contributed by atoms with Crippen LogP contribution in [0, 0.1) is 18.8 Å². The molecule has 18 heavy (non-hydrogen) atoms. The Balaban J connectivity index is 4.15. The first-order chi connectivity index (χ1) is 8.51. The second-order valence-corrected chi connectivity index (χ2v) is 5.54. The van der Waals surface area contributed by atoms with Gasteiger partial charge in [-0.15, -0.1) is 6.58 Å². The molecular weight excluding hydrogens is 222 g/mol. The van der Waals surface area contributed by atoms with Crippen molar-refractivity contribution in [2.24, 2.45) is 11.8 Å². The Morgan fingerprint density at radius 1 is 1.33 bits per heavy atom. The maximum absolute atomic E-state index is 12.2. The fraction of sp³-hybridized carbons (Fsp3) is 0.750. The average molecular weight is 252 g/mol. The number of nitrogens with zero attached hydrogens (tertiary/aromatic N) is 1. The third-order valence-corrected chi connectivity index (χ3v) is 3.00. The quantitative estimate of drug-likeness (QED) is 0.424. The van der Waals surface area contributed by atoms with E-state index in [1.165, 1.54) is 12.8 Å². The van der Waals surface area contributed by atoms with Gasteiger partial charge >= 0.3 is 0 Å². The highest BCUT2D eigenvalue weighted by Crippen LogP contribution is 2.15. The molecule has 0 aliphatic carbocycles. The molecule has 0 bridgehead atoms. The van der Waals surface area contributed by atoms with Crippen LogP contribution in [0.1, 0.15) is 52.9 Å². The number of amides is 1. The van der Waals surface area contributed by atoms with Crippen molar-refractivity contribution in [1.82, 2.24) is 4.90 Å². The summed E-state index contributed by atoms with van der Waals surface area (Å²) in [5.74, 6) is 1.07. The lowest BCUT2D eigenvalue weighted by atomic mass is 9.95. The van der Waals surface area contributed by atoms with Crippen molar-refractivity contribution in [1.29, 1.82) is 0 Å². The standard InChI is InChI=1S/C16H30NO/c1-6-8-9-11-17(10-7-2)16(18)13-15(5)12-14(3)4/h7,14-15H,2,5-6,8-13H2,1,3-4H3/t15-/m0/s1. The van der Waals surface area contributed by atoms with E-state index in [0.29, 0.717) is 18.9 Å². The molecule has 0 saturated carbocycles. The highest BCUT2D eigenvalue weighted by atomic mass is 16.2. The van der Waals surface area contributed by atoms with Gasteiger partial charge in [0.1, 0.15) is 0 Å². The molecule has 0 heterocycles. The number of unbranched alkanes of at least 4 members (excludes halogenated alkanes) is 2. The molecule has 0 aliphatic rings. The second-order valence-electron chi connectivity index (χ2n) is 5.54. The van der Waals surface area contributed by atoms with E-state index in [9.17, 15) is 4.79 Å². The molecule has 105 valence electrons. The van der Waals surface area contributed by atoms with Crippen LogP contribution in [-0.4, -0.2) is 23.9 Å². The first kappa shape index (κ1) is 17.2. The minimum atomic E-state index is 0.228. The third kappa shape index (κ3) is 8.32. The molecule has 0 spiro atoms. The topological polar surface area (TPSA) is 20.3 Å². The van der Waals surface area contributed by atoms with Crippen molar-refractivity contribution < 1.29 is 4.79 Å². The van der Waals surface area contributed by atoms with Gasteiger partial charge in [0, 0.05) is 19.5 Å². The average Bonchev–Trinajstić information content (AvgIpc) is 2.26. The van der Waals surface area contributed by atoms with Crippen LogP contribution in [0.25, 0.3) is 0 Å². The monoisotopic (exact) mass is 252 g/mol. The molecule has 0 fully saturated rings. The molecule has 1 amide bonds. The lowest BCUT2D eigenvalue weighted by molar-refractivity contribution is -0.131. The van der Waals surface area contributed by atoms with Gasteiger partial charge in [-0.05, 0) is 31.6 Å². The Kier molecular flexibility index (Phi) is 9.72. The van der Waals surface area contributed by atoms with Gasteiger partial charge in [-0.25, -0.2) is 0 Å². The summed E-state index contributed by atoms with van der Waals surface area (Å²) in [6.07, 6.45) is 6.84. The van der Waals surface area contributed by atoms with Crippen LogP contribution in [0.2, 0.25) is 0 Å². The zero-order chi connectivity index (χ0) is 14.0. The van der Waals surface area contributed by atoms with Crippen molar-refractivity contribution in [2.45, 2.75) is 52.9 Å². The summed E-state index contributed by atoms with van der Waals surface area (Å²) in [7, 11) is 0. The molecule has 0 unspecified atom stereocenters. The molecule has 2 heteroatoms. The lowest BCUT2D eigenvalue weighted by Crippen LogP contribution is -2.33. The van der Waals surface area contributed by atoms with Gasteiger partial charge in [0.15, 0.2) is 0 Å². The molecule has 0 aliphatic heterocycles. The van der Waals surface area contributed by atoms with Crippen LogP contribution in [0.15, 0.2) is 12.7 Å². The minimum Gasteiger partial charge on any atom is -0.339 e. The van der Waals surface area contributed by atoms with Crippen molar-refractivity contribution in [3.8, 4) is 0 Å². The molecular formula is C16H30NO. The maximum Gasteiger partial charge on any atom is 0.223 e. The largest absolute Gasteiger partial charge is 0.339 e. The molecule has 0 aromatic heterocycles. The van der Waals surface area contributed by atoms with Gasteiger partial charge in [0.25, 0.3) is 0 Å². The number of carbonyl (C=O) groups excluding carboxylic acids is 1. The van der Waals surface area contributed by atoms with Gasteiger partial charge in [0.2, 0.25) is 5.91 Å². The fourth-order valence-corrected chi connectivity index (χ4v) is 2.15. The van der Waals surface area contributed by atoms with E-state index in [4.69, 9.17) is 0 Å². The minimum absolute atomic E-state index is 0.228. The highest BCUT2D eigenvalue weighted by molar-refractivity contribution is 5.76. The van der Waals surface area contributed by atoms with Gasteiger partial charge in [-0.3, -0.25) is 4.79 Å². The summed E-state index contributed by atoms with van der Waals surface area (Å²) in [5.41, 5.74) is 0. The van der Waals surface area contributed by atoms with Gasteiger partial charge < -0.3 is 4.90 Å². The molecule has 0 saturated heterocycles. The summed E-state index contributed by atoms with van der Waals surface area (Å²) in [4.78, 5) is 14.1. The van der Waals surface area contributed by atoms with Crippen LogP contribution in [-0.2, 0) is 4.79 Å². The Labute approximate surface area is 113 Å². The van der Waals surface area contributed by atoms with E-state index in [2.05, 4.69) is 34.3 Å². The summed E-state index contributed by atoms with van der Waals surface area (Å²) in [6.45, 7) is 15.8. The predicted octanol–water partition coefficient (Wildman–Crippen LogP) is 4.08. The van der Waals surface area contributed by atoms with Gasteiger partial charge in [-0.2, -0.15) is 0 Å². The Morgan fingerprint density at radius 2 is 2.00 bits per heavy atom. The summed E-state index contributed by atoms with van der Waals surface area (Å²) < 4.78 is 0.